The van der Waals surface area contributed by atoms with E-state index in [0.717, 1.165) is 0 Å². The van der Waals surface area contributed by atoms with E-state index >= 15 is 0 Å². The van der Waals surface area contributed by atoms with Gasteiger partial charge in [0, 0.05) is 19.3 Å². The number of aromatic nitrogens is 3. The molecule has 0 aliphatic heterocycles. The zero-order chi connectivity index (χ0) is 15.3. The summed E-state index contributed by atoms with van der Waals surface area (Å²) in [5.41, 5.74) is 0.177. The lowest BCUT2D eigenvalue weighted by molar-refractivity contribution is 0.235. The second-order valence-electron chi connectivity index (χ2n) is 4.25. The Morgan fingerprint density at radius 1 is 1.29 bits per heavy atom. The summed E-state index contributed by atoms with van der Waals surface area (Å²) in [4.78, 5) is -0.388. The molecule has 1 aromatic heterocycles. The molecule has 0 atom stereocenters. The van der Waals surface area contributed by atoms with Crippen LogP contribution in [0.4, 0.5) is 14.5 Å². The zero-order valence-electron chi connectivity index (χ0n) is 11.0. The van der Waals surface area contributed by atoms with Crippen molar-refractivity contribution in [3.05, 3.63) is 36.7 Å². The molecule has 2 rings (SSSR count). The third kappa shape index (κ3) is 3.75. The standard InChI is InChI=1S/C12H14F2N4O2S/c13-12(14)21(19,20)11-5-2-1-4-10(11)15-6-3-8-18-9-7-16-17-18/h1-2,4-5,7,9,12,15H,3,6,8H2. The van der Waals surface area contributed by atoms with Crippen LogP contribution in [0.2, 0.25) is 0 Å². The predicted octanol–water partition coefficient (Wildman–Crippen LogP) is 1.78. The van der Waals surface area contributed by atoms with Crippen LogP contribution in [0.3, 0.4) is 0 Å². The molecule has 114 valence electrons. The van der Waals surface area contributed by atoms with Crippen LogP contribution in [0.5, 0.6) is 0 Å². The number of aryl methyl sites for hydroxylation is 1. The third-order valence-corrected chi connectivity index (χ3v) is 4.22. The van der Waals surface area contributed by atoms with Crippen LogP contribution in [-0.4, -0.2) is 35.7 Å². The summed E-state index contributed by atoms with van der Waals surface area (Å²) in [6.07, 6.45) is 3.90. The van der Waals surface area contributed by atoms with Gasteiger partial charge in [0.25, 0.3) is 0 Å². The summed E-state index contributed by atoms with van der Waals surface area (Å²) < 4.78 is 50.0. The molecule has 0 radical (unpaired) electrons. The highest BCUT2D eigenvalue weighted by Gasteiger charge is 2.28. The van der Waals surface area contributed by atoms with Gasteiger partial charge in [-0.15, -0.1) is 5.10 Å². The number of anilines is 1. The summed E-state index contributed by atoms with van der Waals surface area (Å²) in [5.74, 6) is -3.43. The van der Waals surface area contributed by atoms with Crippen molar-refractivity contribution >= 4 is 15.5 Å². The first-order valence-electron chi connectivity index (χ1n) is 6.21. The lowest BCUT2D eigenvalue weighted by Gasteiger charge is -2.12. The van der Waals surface area contributed by atoms with Crippen LogP contribution in [0.25, 0.3) is 0 Å². The number of sulfone groups is 1. The molecule has 6 nitrogen and oxygen atoms in total. The summed E-state index contributed by atoms with van der Waals surface area (Å²) in [6.45, 7) is 1.02. The highest BCUT2D eigenvalue weighted by atomic mass is 32.2. The van der Waals surface area contributed by atoms with Gasteiger partial charge >= 0.3 is 5.76 Å². The Morgan fingerprint density at radius 2 is 2.05 bits per heavy atom. The number of nitrogens with one attached hydrogen (secondary N) is 1. The van der Waals surface area contributed by atoms with Crippen LogP contribution in [0.15, 0.2) is 41.6 Å². The molecule has 1 aromatic carbocycles. The maximum absolute atomic E-state index is 12.6. The van der Waals surface area contributed by atoms with Crippen LogP contribution in [-0.2, 0) is 16.4 Å². The van der Waals surface area contributed by atoms with Crippen molar-refractivity contribution in [1.29, 1.82) is 0 Å². The maximum atomic E-state index is 12.6. The molecule has 2 aromatic rings. The Bertz CT molecular complexity index is 674. The van der Waals surface area contributed by atoms with Crippen LogP contribution < -0.4 is 5.32 Å². The van der Waals surface area contributed by atoms with Gasteiger partial charge in [0.2, 0.25) is 9.84 Å². The van der Waals surface area contributed by atoms with Crippen molar-refractivity contribution < 1.29 is 17.2 Å². The highest BCUT2D eigenvalue weighted by molar-refractivity contribution is 7.91. The first kappa shape index (κ1) is 15.4. The molecule has 0 spiro atoms. The molecule has 9 heteroatoms. The van der Waals surface area contributed by atoms with Crippen molar-refractivity contribution in [2.45, 2.75) is 23.6 Å². The number of para-hydroxylation sites is 1. The molecule has 1 heterocycles. The molecule has 0 aliphatic carbocycles. The first-order valence-corrected chi connectivity index (χ1v) is 7.75. The Hall–Kier alpha value is -2.03. The van der Waals surface area contributed by atoms with E-state index in [1.807, 2.05) is 0 Å². The topological polar surface area (TPSA) is 76.9 Å². The minimum atomic E-state index is -4.61. The van der Waals surface area contributed by atoms with E-state index in [1.54, 1.807) is 23.1 Å². The predicted molar refractivity (Wildman–Crippen MR) is 72.8 cm³/mol. The molecule has 0 unspecified atom stereocenters. The van der Waals surface area contributed by atoms with Gasteiger partial charge in [0.05, 0.1) is 16.8 Å². The molecule has 0 fully saturated rings. The quantitative estimate of drug-likeness (QED) is 0.788. The summed E-state index contributed by atoms with van der Waals surface area (Å²) in [7, 11) is -4.61. The molecular formula is C12H14F2N4O2S. The average molecular weight is 316 g/mol. The average Bonchev–Trinajstić information content (AvgIpc) is 2.97. The molecule has 1 N–H and O–H groups in total. The fourth-order valence-corrected chi connectivity index (χ4v) is 2.68. The van der Waals surface area contributed by atoms with Crippen LogP contribution in [0.1, 0.15) is 6.42 Å². The van der Waals surface area contributed by atoms with E-state index < -0.39 is 15.6 Å². The molecule has 0 saturated carbocycles. The monoisotopic (exact) mass is 316 g/mol. The van der Waals surface area contributed by atoms with Crippen LogP contribution >= 0.6 is 0 Å². The fourth-order valence-electron chi connectivity index (χ4n) is 1.77. The van der Waals surface area contributed by atoms with Gasteiger partial charge in [-0.3, -0.25) is 4.68 Å². The van der Waals surface area contributed by atoms with Gasteiger partial charge in [-0.1, -0.05) is 17.3 Å². The van der Waals surface area contributed by atoms with Crippen molar-refractivity contribution in [1.82, 2.24) is 15.0 Å². The normalized spacial score (nSPS) is 11.8. The van der Waals surface area contributed by atoms with E-state index in [1.165, 1.54) is 18.2 Å². The minimum absolute atomic E-state index is 0.177. The lowest BCUT2D eigenvalue weighted by atomic mass is 10.3. The molecule has 21 heavy (non-hydrogen) atoms. The summed E-state index contributed by atoms with van der Waals surface area (Å²) in [6, 6.07) is 5.63. The third-order valence-electron chi connectivity index (χ3n) is 2.78. The van der Waals surface area contributed by atoms with E-state index in [4.69, 9.17) is 0 Å². The van der Waals surface area contributed by atoms with Gasteiger partial charge in [0.1, 0.15) is 0 Å². The zero-order valence-corrected chi connectivity index (χ0v) is 11.8. The van der Waals surface area contributed by atoms with Crippen LogP contribution in [0, 0.1) is 0 Å². The van der Waals surface area contributed by atoms with E-state index in [9.17, 15) is 17.2 Å². The van der Waals surface area contributed by atoms with Gasteiger partial charge in [0.15, 0.2) is 0 Å². The lowest BCUT2D eigenvalue weighted by Crippen LogP contribution is -2.15. The van der Waals surface area contributed by atoms with Crippen molar-refractivity contribution in [2.24, 2.45) is 0 Å². The molecule has 0 bridgehead atoms. The van der Waals surface area contributed by atoms with Gasteiger partial charge in [-0.05, 0) is 18.6 Å². The summed E-state index contributed by atoms with van der Waals surface area (Å²) in [5, 5.41) is 10.3. The Labute approximate surface area is 120 Å². The second-order valence-corrected chi connectivity index (χ2v) is 6.13. The van der Waals surface area contributed by atoms with Gasteiger partial charge in [-0.2, -0.15) is 8.78 Å². The second kappa shape index (κ2) is 6.61. The maximum Gasteiger partial charge on any atom is 0.341 e. The molecule has 0 aliphatic rings. The fraction of sp³-hybridized carbons (Fsp3) is 0.333. The Morgan fingerprint density at radius 3 is 2.71 bits per heavy atom. The number of rotatable bonds is 7. The van der Waals surface area contributed by atoms with E-state index in [0.29, 0.717) is 19.5 Å². The highest BCUT2D eigenvalue weighted by Crippen LogP contribution is 2.25. The molecule has 0 amide bonds. The molecule has 0 saturated heterocycles. The number of benzene rings is 1. The van der Waals surface area contributed by atoms with Crippen molar-refractivity contribution in [3.8, 4) is 0 Å². The summed E-state index contributed by atoms with van der Waals surface area (Å²) >= 11 is 0. The number of alkyl halides is 2. The Kier molecular flexibility index (Phi) is 4.84. The van der Waals surface area contributed by atoms with Gasteiger partial charge in [-0.25, -0.2) is 8.42 Å². The smallest absolute Gasteiger partial charge is 0.341 e. The number of hydrogen-bond acceptors (Lipinski definition) is 5. The Balaban J connectivity index is 2.00. The first-order chi connectivity index (χ1) is 10.0. The number of nitrogens with zero attached hydrogens (tertiary/aromatic N) is 3. The van der Waals surface area contributed by atoms with Crippen molar-refractivity contribution in [3.63, 3.8) is 0 Å². The minimum Gasteiger partial charge on any atom is -0.384 e. The SMILES string of the molecule is O=S(=O)(c1ccccc1NCCCn1ccnn1)C(F)F. The van der Waals surface area contributed by atoms with E-state index in [2.05, 4.69) is 15.6 Å². The number of halogens is 2. The van der Waals surface area contributed by atoms with Gasteiger partial charge < -0.3 is 5.32 Å². The number of hydrogen-bond donors (Lipinski definition) is 1. The molecular weight excluding hydrogens is 302 g/mol. The largest absolute Gasteiger partial charge is 0.384 e. The van der Waals surface area contributed by atoms with E-state index in [-0.39, 0.29) is 10.6 Å². The van der Waals surface area contributed by atoms with Crippen molar-refractivity contribution in [2.75, 3.05) is 11.9 Å².